The predicted molar refractivity (Wildman–Crippen MR) is 186 cm³/mol. The molecule has 2 aromatic rings. The smallest absolute Gasteiger partial charge is 0.250 e. The van der Waals surface area contributed by atoms with Gasteiger partial charge >= 0.3 is 0 Å². The van der Waals surface area contributed by atoms with Gasteiger partial charge in [-0.3, -0.25) is 9.98 Å². The first kappa shape index (κ1) is 37.5. The van der Waals surface area contributed by atoms with Gasteiger partial charge in [0, 0.05) is 41.4 Å². The molecule has 0 spiro atoms. The maximum absolute atomic E-state index is 14.8. The van der Waals surface area contributed by atoms with E-state index in [0.717, 1.165) is 41.1 Å². The zero-order chi connectivity index (χ0) is 34.0. The molecule has 0 fully saturated rings. The van der Waals surface area contributed by atoms with Crippen LogP contribution in [-0.4, -0.2) is 34.9 Å². The molecule has 250 valence electrons. The Kier molecular flexibility index (Phi) is 14.1. The molecule has 4 nitrogen and oxygen atoms in total. The average Bonchev–Trinajstić information content (AvgIpc) is 3.03. The monoisotopic (exact) mass is 654 g/mol. The first-order chi connectivity index (χ1) is 21.9. The number of halogens is 4. The Bertz CT molecular complexity index is 1470. The molecule has 3 rings (SSSR count). The van der Waals surface area contributed by atoms with Crippen molar-refractivity contribution < 1.29 is 13.2 Å². The number of hydrogen-bond donors (Lipinski definition) is 0. The van der Waals surface area contributed by atoms with Gasteiger partial charge in [0.25, 0.3) is 5.92 Å². The van der Waals surface area contributed by atoms with E-state index in [4.69, 9.17) is 21.6 Å². The van der Waals surface area contributed by atoms with Gasteiger partial charge in [-0.2, -0.15) is 5.26 Å². The van der Waals surface area contributed by atoms with Crippen LogP contribution < -0.4 is 0 Å². The molecule has 0 saturated heterocycles. The second-order valence-electron chi connectivity index (χ2n) is 12.8. The summed E-state index contributed by atoms with van der Waals surface area (Å²) in [5, 5.41) is 10.9. The summed E-state index contributed by atoms with van der Waals surface area (Å²) in [5.41, 5.74) is 5.77. The number of pyridine rings is 1. The van der Waals surface area contributed by atoms with Crippen LogP contribution in [0.3, 0.4) is 0 Å². The summed E-state index contributed by atoms with van der Waals surface area (Å²) in [7, 11) is 0. The summed E-state index contributed by atoms with van der Waals surface area (Å²) in [6.07, 6.45) is 4.99. The number of alkyl halides is 2. The number of nitrogens with zero attached hydrogens (tertiary/aromatic N) is 4. The number of allylic oxidation sites excluding steroid dienone is 2. The van der Waals surface area contributed by atoms with Gasteiger partial charge in [0.1, 0.15) is 17.0 Å². The molecular formula is C38H50ClF3N4. The minimum atomic E-state index is -2.68. The van der Waals surface area contributed by atoms with E-state index in [9.17, 15) is 18.4 Å². The van der Waals surface area contributed by atoms with Gasteiger partial charge in [0.05, 0.1) is 12.1 Å². The van der Waals surface area contributed by atoms with E-state index in [-0.39, 0.29) is 30.1 Å². The standard InChI is InChI=1S/C38H50ClF3N4/c1-8-17-38(41,42)26(7)27(9-2)19-29(11-4)45-30-15-16-36(44-23-30)32(20-28(10-3)35-13-12-14-37(39)46-35)33(22-43)31-21-34(40)25(6)18-24(31)5/h12-14,18,21,26-29H,8-11,15-17,19-20,23H2,1-7H3/b33-32+,45-30?. The van der Waals surface area contributed by atoms with Gasteiger partial charge < -0.3 is 0 Å². The molecule has 0 radical (unpaired) electrons. The highest BCUT2D eigenvalue weighted by atomic mass is 35.5. The third-order valence-corrected chi connectivity index (χ3v) is 9.84. The molecule has 1 aromatic heterocycles. The number of aryl methyl sites for hydroxylation is 2. The van der Waals surface area contributed by atoms with Crippen molar-refractivity contribution in [3.63, 3.8) is 0 Å². The molecule has 0 N–H and O–H groups in total. The summed E-state index contributed by atoms with van der Waals surface area (Å²) in [5.74, 6) is -3.87. The van der Waals surface area contributed by atoms with E-state index in [1.54, 1.807) is 32.9 Å². The maximum Gasteiger partial charge on any atom is 0.250 e. The second-order valence-corrected chi connectivity index (χ2v) is 13.2. The van der Waals surface area contributed by atoms with E-state index in [0.29, 0.717) is 66.9 Å². The van der Waals surface area contributed by atoms with Crippen molar-refractivity contribution >= 4 is 28.6 Å². The summed E-state index contributed by atoms with van der Waals surface area (Å²) in [6.45, 7) is 13.6. The molecule has 8 heteroatoms. The molecule has 1 aliphatic rings. The van der Waals surface area contributed by atoms with Crippen LogP contribution in [0, 0.1) is 42.8 Å². The van der Waals surface area contributed by atoms with Crippen LogP contribution in [0.15, 0.2) is 45.9 Å². The maximum atomic E-state index is 14.8. The van der Waals surface area contributed by atoms with E-state index in [1.165, 1.54) is 6.07 Å². The first-order valence-electron chi connectivity index (χ1n) is 16.9. The zero-order valence-corrected chi connectivity index (χ0v) is 29.3. The lowest BCUT2D eigenvalue weighted by Gasteiger charge is -2.32. The third kappa shape index (κ3) is 9.53. The topological polar surface area (TPSA) is 61.4 Å². The van der Waals surface area contributed by atoms with Gasteiger partial charge in [-0.25, -0.2) is 18.2 Å². The Hall–Kier alpha value is -2.98. The normalized spacial score (nSPS) is 18.0. The number of aliphatic imine (C=N–C) groups is 2. The number of aromatic nitrogens is 1. The number of hydrogen-bond acceptors (Lipinski definition) is 4. The molecule has 0 bridgehead atoms. The summed E-state index contributed by atoms with van der Waals surface area (Å²) >= 11 is 6.24. The molecule has 4 atom stereocenters. The Labute approximate surface area is 279 Å². The van der Waals surface area contributed by atoms with E-state index in [1.807, 2.05) is 26.0 Å². The van der Waals surface area contributed by atoms with Gasteiger partial charge in [-0.05, 0) is 98.8 Å². The van der Waals surface area contributed by atoms with Crippen molar-refractivity contribution in [2.24, 2.45) is 21.8 Å². The highest BCUT2D eigenvalue weighted by molar-refractivity contribution is 6.29. The fourth-order valence-electron chi connectivity index (χ4n) is 6.61. The largest absolute Gasteiger partial charge is 0.289 e. The van der Waals surface area contributed by atoms with Crippen LogP contribution in [-0.2, 0) is 0 Å². The van der Waals surface area contributed by atoms with Gasteiger partial charge in [-0.1, -0.05) is 71.2 Å². The van der Waals surface area contributed by atoms with Crippen molar-refractivity contribution in [2.75, 3.05) is 6.54 Å². The minimum absolute atomic E-state index is 0.0197. The SMILES string of the molecule is CCCC(F)(F)C(C)C(CC)CC(CC)N=C1CCC(/C(CC(CC)c2cccc(Cl)n2)=C(\C#N)c2cc(F)c(C)cc2C)=NC1. The molecule has 0 saturated carbocycles. The van der Waals surface area contributed by atoms with Crippen LogP contribution in [0.4, 0.5) is 13.2 Å². The van der Waals surface area contributed by atoms with Crippen LogP contribution in [0.5, 0.6) is 0 Å². The first-order valence-corrected chi connectivity index (χ1v) is 17.3. The number of rotatable bonds is 15. The van der Waals surface area contributed by atoms with E-state index in [2.05, 4.69) is 24.9 Å². The predicted octanol–water partition coefficient (Wildman–Crippen LogP) is 11.3. The Morgan fingerprint density at radius 1 is 1.07 bits per heavy atom. The minimum Gasteiger partial charge on any atom is -0.289 e. The van der Waals surface area contributed by atoms with Gasteiger partial charge in [0.15, 0.2) is 0 Å². The fraction of sp³-hybridized carbons (Fsp3) is 0.579. The van der Waals surface area contributed by atoms with Gasteiger partial charge in [-0.15, -0.1) is 0 Å². The molecule has 0 aliphatic carbocycles. The lowest BCUT2D eigenvalue weighted by Crippen LogP contribution is -2.33. The van der Waals surface area contributed by atoms with Crippen LogP contribution >= 0.6 is 11.6 Å². The van der Waals surface area contributed by atoms with Crippen LogP contribution in [0.2, 0.25) is 5.15 Å². The zero-order valence-electron chi connectivity index (χ0n) is 28.6. The highest BCUT2D eigenvalue weighted by Gasteiger charge is 2.40. The molecule has 1 aromatic carbocycles. The molecule has 46 heavy (non-hydrogen) atoms. The summed E-state index contributed by atoms with van der Waals surface area (Å²) < 4.78 is 44.4. The van der Waals surface area contributed by atoms with Gasteiger partial charge in [0.2, 0.25) is 0 Å². The van der Waals surface area contributed by atoms with Crippen molar-refractivity contribution in [2.45, 2.75) is 124 Å². The quantitative estimate of drug-likeness (QED) is 0.142. The number of benzene rings is 1. The Morgan fingerprint density at radius 3 is 2.37 bits per heavy atom. The Balaban J connectivity index is 1.98. The van der Waals surface area contributed by atoms with Crippen LogP contribution in [0.25, 0.3) is 5.57 Å². The molecule has 0 amide bonds. The highest BCUT2D eigenvalue weighted by Crippen LogP contribution is 2.39. The van der Waals surface area contributed by atoms with Crippen molar-refractivity contribution in [3.05, 3.63) is 69.3 Å². The second kappa shape index (κ2) is 17.3. The average molecular weight is 655 g/mol. The summed E-state index contributed by atoms with van der Waals surface area (Å²) in [4.78, 5) is 14.6. The van der Waals surface area contributed by atoms with Crippen LogP contribution in [0.1, 0.15) is 121 Å². The lowest BCUT2D eigenvalue weighted by atomic mass is 9.80. The van der Waals surface area contributed by atoms with Crippen molar-refractivity contribution in [3.8, 4) is 6.07 Å². The van der Waals surface area contributed by atoms with Crippen molar-refractivity contribution in [1.82, 2.24) is 4.98 Å². The summed E-state index contributed by atoms with van der Waals surface area (Å²) in [6, 6.07) is 11.2. The fourth-order valence-corrected chi connectivity index (χ4v) is 6.78. The Morgan fingerprint density at radius 2 is 1.80 bits per heavy atom. The third-order valence-electron chi connectivity index (χ3n) is 9.63. The number of nitriles is 1. The molecular weight excluding hydrogens is 605 g/mol. The van der Waals surface area contributed by atoms with Crippen molar-refractivity contribution in [1.29, 1.82) is 5.26 Å². The lowest BCUT2D eigenvalue weighted by molar-refractivity contribution is -0.0823. The molecule has 4 unspecified atom stereocenters. The van der Waals surface area contributed by atoms with E-state index >= 15 is 0 Å². The van der Waals surface area contributed by atoms with E-state index < -0.39 is 11.8 Å². The molecule has 2 heterocycles. The molecule has 1 aliphatic heterocycles.